The van der Waals surface area contributed by atoms with Crippen molar-refractivity contribution in [1.82, 2.24) is 0 Å². The van der Waals surface area contributed by atoms with Crippen molar-refractivity contribution in [2.24, 2.45) is 17.8 Å². The number of anilines is 2. The van der Waals surface area contributed by atoms with Gasteiger partial charge in [0.15, 0.2) is 0 Å². The minimum Gasteiger partial charge on any atom is -0.378 e. The molecule has 3 aliphatic rings. The summed E-state index contributed by atoms with van der Waals surface area (Å²) in [5.74, 6) is 2.36. The first-order valence-corrected chi connectivity index (χ1v) is 12.1. The van der Waals surface area contributed by atoms with Crippen LogP contribution in [-0.2, 0) is 0 Å². The Hall–Kier alpha value is -2.49. The molecule has 2 N–H and O–H groups in total. The molecule has 3 aromatic carbocycles. The molecule has 0 saturated heterocycles. The molecule has 0 radical (unpaired) electrons. The monoisotopic (exact) mass is 462 g/mol. The molecular formula is C27H24Cl2N2O. The maximum atomic E-state index is 13.1. The second-order valence-electron chi connectivity index (χ2n) is 9.35. The lowest BCUT2D eigenvalue weighted by molar-refractivity contribution is 0.102. The highest BCUT2D eigenvalue weighted by molar-refractivity contribution is 6.35. The van der Waals surface area contributed by atoms with Gasteiger partial charge in [0.05, 0.1) is 16.8 Å². The molecular weight excluding hydrogens is 439 g/mol. The van der Waals surface area contributed by atoms with E-state index >= 15 is 0 Å². The summed E-state index contributed by atoms with van der Waals surface area (Å²) in [6.07, 6.45) is 3.91. The fourth-order valence-electron chi connectivity index (χ4n) is 6.41. The number of benzene rings is 3. The molecule has 0 aromatic heterocycles. The van der Waals surface area contributed by atoms with E-state index in [1.165, 1.54) is 30.4 Å². The highest BCUT2D eigenvalue weighted by atomic mass is 35.5. The van der Waals surface area contributed by atoms with Crippen LogP contribution >= 0.6 is 23.2 Å². The summed E-state index contributed by atoms with van der Waals surface area (Å²) < 4.78 is 0. The minimum absolute atomic E-state index is 0.165. The van der Waals surface area contributed by atoms with Gasteiger partial charge in [-0.05, 0) is 90.5 Å². The second kappa shape index (κ2) is 7.83. The maximum absolute atomic E-state index is 13.1. The van der Waals surface area contributed by atoms with Gasteiger partial charge < -0.3 is 10.6 Å². The molecule has 5 atom stereocenters. The number of carbonyl (C=O) groups is 1. The number of carbonyl (C=O) groups excluding carboxylic acids is 1. The average molecular weight is 463 g/mol. The summed E-state index contributed by atoms with van der Waals surface area (Å²) in [4.78, 5) is 13.1. The fourth-order valence-corrected chi connectivity index (χ4v) is 6.74. The van der Waals surface area contributed by atoms with Crippen molar-refractivity contribution >= 4 is 40.5 Å². The van der Waals surface area contributed by atoms with Gasteiger partial charge in [0.1, 0.15) is 0 Å². The molecule has 6 rings (SSSR count). The predicted octanol–water partition coefficient (Wildman–Crippen LogP) is 7.54. The minimum atomic E-state index is -0.165. The van der Waals surface area contributed by atoms with Crippen LogP contribution in [0.15, 0.2) is 66.7 Å². The molecule has 5 heteroatoms. The number of halogens is 2. The third kappa shape index (κ3) is 3.30. The van der Waals surface area contributed by atoms with E-state index in [9.17, 15) is 4.79 Å². The van der Waals surface area contributed by atoms with Crippen molar-refractivity contribution in [2.45, 2.75) is 31.2 Å². The van der Waals surface area contributed by atoms with E-state index in [1.54, 1.807) is 18.2 Å². The van der Waals surface area contributed by atoms with E-state index in [4.69, 9.17) is 23.2 Å². The van der Waals surface area contributed by atoms with E-state index in [0.29, 0.717) is 45.1 Å². The summed E-state index contributed by atoms with van der Waals surface area (Å²) in [6, 6.07) is 22.3. The van der Waals surface area contributed by atoms with Gasteiger partial charge in [0.25, 0.3) is 5.91 Å². The van der Waals surface area contributed by atoms with Crippen LogP contribution in [0.5, 0.6) is 0 Å². The second-order valence-corrected chi connectivity index (χ2v) is 10.2. The van der Waals surface area contributed by atoms with Gasteiger partial charge in [-0.15, -0.1) is 0 Å². The lowest BCUT2D eigenvalue weighted by atomic mass is 9.68. The molecule has 1 heterocycles. The van der Waals surface area contributed by atoms with E-state index in [2.05, 4.69) is 53.1 Å². The molecule has 2 saturated carbocycles. The van der Waals surface area contributed by atoms with Crippen molar-refractivity contribution in [2.75, 3.05) is 10.6 Å². The highest BCUT2D eigenvalue weighted by Gasteiger charge is 2.53. The van der Waals surface area contributed by atoms with Crippen molar-refractivity contribution in [3.05, 3.63) is 93.5 Å². The molecule has 2 fully saturated rings. The molecule has 0 spiro atoms. The van der Waals surface area contributed by atoms with Crippen molar-refractivity contribution in [3.8, 4) is 0 Å². The Morgan fingerprint density at radius 1 is 0.938 bits per heavy atom. The van der Waals surface area contributed by atoms with Crippen LogP contribution in [0.1, 0.15) is 52.7 Å². The van der Waals surface area contributed by atoms with Gasteiger partial charge in [-0.1, -0.05) is 53.5 Å². The number of fused-ring (bicyclic) bond motifs is 7. The van der Waals surface area contributed by atoms with Crippen LogP contribution in [-0.4, -0.2) is 5.91 Å². The zero-order chi connectivity index (χ0) is 21.8. The summed E-state index contributed by atoms with van der Waals surface area (Å²) in [7, 11) is 0. The Morgan fingerprint density at radius 3 is 2.59 bits per heavy atom. The third-order valence-electron chi connectivity index (χ3n) is 7.68. The maximum Gasteiger partial charge on any atom is 0.255 e. The Balaban J connectivity index is 1.35. The molecule has 3 nitrogen and oxygen atoms in total. The van der Waals surface area contributed by atoms with Crippen LogP contribution in [0.25, 0.3) is 0 Å². The fraction of sp³-hybridized carbons (Fsp3) is 0.296. The molecule has 2 bridgehead atoms. The van der Waals surface area contributed by atoms with Crippen LogP contribution in [0.2, 0.25) is 10.0 Å². The quantitative estimate of drug-likeness (QED) is 0.421. The van der Waals surface area contributed by atoms with Gasteiger partial charge in [0, 0.05) is 16.3 Å². The summed E-state index contributed by atoms with van der Waals surface area (Å²) >= 11 is 12.3. The first kappa shape index (κ1) is 20.1. The summed E-state index contributed by atoms with van der Waals surface area (Å²) in [5.41, 5.74) is 4.99. The van der Waals surface area contributed by atoms with Crippen molar-refractivity contribution < 1.29 is 4.79 Å². The standard InChI is InChI=1S/C27H24Cl2N2O/c28-19-9-10-21(29)23(14-19)31-27(32)18-8-11-22-20(13-18)24-16-6-7-17(12-16)25(24)26(30-22)15-4-2-1-3-5-15/h1-5,8-11,13-14,16-17,24-26,30H,6-7,12H2,(H,31,32)/t16-,17-,24-,25-,26-/m0/s1. The molecule has 162 valence electrons. The lowest BCUT2D eigenvalue weighted by Gasteiger charge is -2.43. The average Bonchev–Trinajstić information content (AvgIpc) is 3.44. The first-order chi connectivity index (χ1) is 15.6. The SMILES string of the molecule is O=C(Nc1cc(Cl)ccc1Cl)c1ccc2c(c1)[C@@H]1[C@H]3CC[C@@H](C3)[C@@H]1[C@H](c1ccccc1)N2. The Kier molecular flexibility index (Phi) is 4.93. The molecule has 2 aliphatic carbocycles. The number of hydrogen-bond acceptors (Lipinski definition) is 2. The Bertz CT molecular complexity index is 1200. The van der Waals surface area contributed by atoms with Crippen LogP contribution in [0, 0.1) is 17.8 Å². The van der Waals surface area contributed by atoms with Crippen LogP contribution in [0.3, 0.4) is 0 Å². The van der Waals surface area contributed by atoms with Gasteiger partial charge in [-0.3, -0.25) is 4.79 Å². The van der Waals surface area contributed by atoms with Gasteiger partial charge in [-0.25, -0.2) is 0 Å². The topological polar surface area (TPSA) is 41.1 Å². The zero-order valence-corrected chi connectivity index (χ0v) is 19.0. The first-order valence-electron chi connectivity index (χ1n) is 11.3. The smallest absolute Gasteiger partial charge is 0.255 e. The normalized spacial score (nSPS) is 27.4. The van der Waals surface area contributed by atoms with Crippen molar-refractivity contribution in [3.63, 3.8) is 0 Å². The van der Waals surface area contributed by atoms with E-state index < -0.39 is 0 Å². The van der Waals surface area contributed by atoms with Gasteiger partial charge >= 0.3 is 0 Å². The van der Waals surface area contributed by atoms with E-state index in [0.717, 1.165) is 11.6 Å². The van der Waals surface area contributed by atoms with Gasteiger partial charge in [-0.2, -0.15) is 0 Å². The Labute approximate surface area is 198 Å². The number of nitrogens with one attached hydrogen (secondary N) is 2. The number of hydrogen-bond donors (Lipinski definition) is 2. The molecule has 0 unspecified atom stereocenters. The van der Waals surface area contributed by atoms with E-state index in [-0.39, 0.29) is 5.91 Å². The van der Waals surface area contributed by atoms with E-state index in [1.807, 2.05) is 6.07 Å². The molecule has 1 aliphatic heterocycles. The molecule has 3 aromatic rings. The predicted molar refractivity (Wildman–Crippen MR) is 131 cm³/mol. The largest absolute Gasteiger partial charge is 0.378 e. The number of amides is 1. The lowest BCUT2D eigenvalue weighted by Crippen LogP contribution is -2.35. The Morgan fingerprint density at radius 2 is 1.75 bits per heavy atom. The summed E-state index contributed by atoms with van der Waals surface area (Å²) in [6.45, 7) is 0. The summed E-state index contributed by atoms with van der Waals surface area (Å²) in [5, 5.41) is 7.77. The zero-order valence-electron chi connectivity index (χ0n) is 17.5. The van der Waals surface area contributed by atoms with Crippen LogP contribution in [0.4, 0.5) is 11.4 Å². The third-order valence-corrected chi connectivity index (χ3v) is 8.25. The van der Waals surface area contributed by atoms with Gasteiger partial charge in [0.2, 0.25) is 0 Å². The van der Waals surface area contributed by atoms with Crippen LogP contribution < -0.4 is 10.6 Å². The highest BCUT2D eigenvalue weighted by Crippen LogP contribution is 2.63. The van der Waals surface area contributed by atoms with Crippen molar-refractivity contribution in [1.29, 1.82) is 0 Å². The molecule has 1 amide bonds. The molecule has 32 heavy (non-hydrogen) atoms. The number of rotatable bonds is 3.